The fraction of sp³-hybridized carbons (Fsp3) is 0.684. The van der Waals surface area contributed by atoms with Gasteiger partial charge in [0, 0.05) is 71.0 Å². The van der Waals surface area contributed by atoms with E-state index >= 15 is 0 Å². The van der Waals surface area contributed by atoms with Gasteiger partial charge in [0.1, 0.15) is 0 Å². The number of halogens is 2. The summed E-state index contributed by atoms with van der Waals surface area (Å²) in [5.41, 5.74) is 0.920. The van der Waals surface area contributed by atoms with Crippen molar-refractivity contribution < 1.29 is 4.79 Å². The van der Waals surface area contributed by atoms with E-state index in [2.05, 4.69) is 38.1 Å². The van der Waals surface area contributed by atoms with Crippen molar-refractivity contribution in [1.82, 2.24) is 25.0 Å². The second-order valence-electron chi connectivity index (χ2n) is 7.92. The molecule has 0 unspecified atom stereocenters. The molecule has 3 saturated heterocycles. The maximum atomic E-state index is 13.4. The van der Waals surface area contributed by atoms with Gasteiger partial charge in [-0.3, -0.25) is 14.7 Å². The Bertz CT molecular complexity index is 619. The molecule has 3 aliphatic heterocycles. The normalized spacial score (nSPS) is 28.8. The fourth-order valence-corrected chi connectivity index (χ4v) is 4.84. The molecule has 0 spiro atoms. The van der Waals surface area contributed by atoms with E-state index in [4.69, 9.17) is 0 Å². The number of nitrogens with zero attached hydrogens (tertiary/aromatic N) is 4. The first-order chi connectivity index (χ1) is 12.2. The largest absolute Gasteiger partial charge is 0.341 e. The smallest absolute Gasteiger partial charge is 0.231 e. The van der Waals surface area contributed by atoms with Crippen LogP contribution >= 0.6 is 24.8 Å². The molecule has 0 radical (unpaired) electrons. The number of amides is 1. The summed E-state index contributed by atoms with van der Waals surface area (Å²) in [6, 6.07) is 6.07. The van der Waals surface area contributed by atoms with Crippen LogP contribution in [0.15, 0.2) is 24.4 Å². The fourth-order valence-electron chi connectivity index (χ4n) is 4.84. The predicted molar refractivity (Wildman–Crippen MR) is 111 cm³/mol. The van der Waals surface area contributed by atoms with Crippen LogP contribution in [0.3, 0.4) is 0 Å². The van der Waals surface area contributed by atoms with Crippen LogP contribution in [-0.2, 0) is 11.3 Å². The summed E-state index contributed by atoms with van der Waals surface area (Å²) in [7, 11) is 2.14. The maximum absolute atomic E-state index is 13.4. The minimum Gasteiger partial charge on any atom is -0.341 e. The summed E-state index contributed by atoms with van der Waals surface area (Å²) in [4.78, 5) is 24.7. The molecule has 1 aromatic rings. The third-order valence-electron chi connectivity index (χ3n) is 6.11. The lowest BCUT2D eigenvalue weighted by molar-refractivity contribution is -0.141. The van der Waals surface area contributed by atoms with Crippen molar-refractivity contribution in [3.8, 4) is 0 Å². The number of hydrogen-bond donors (Lipinski definition) is 1. The summed E-state index contributed by atoms with van der Waals surface area (Å²) in [5, 5.41) is 3.47. The van der Waals surface area contributed by atoms with Crippen LogP contribution in [0.25, 0.3) is 0 Å². The molecule has 8 heteroatoms. The predicted octanol–water partition coefficient (Wildman–Crippen LogP) is 1.11. The van der Waals surface area contributed by atoms with E-state index in [0.29, 0.717) is 11.8 Å². The standard InChI is InChI=1S/C19H29N5O.2ClH/c1-22-12-16-11-20-14-19(16,15-22)18(25)24-8-4-7-23(9-10-24)13-17-5-2-3-6-21-17;;/h2-3,5-6,16,20H,4,7-15H2,1H3;2*1H/t16-,19-;;/m1../s1. The minimum absolute atomic E-state index is 0. The Balaban J connectivity index is 0.00000131. The van der Waals surface area contributed by atoms with Gasteiger partial charge >= 0.3 is 0 Å². The number of carbonyl (C=O) groups is 1. The first kappa shape index (κ1) is 22.4. The van der Waals surface area contributed by atoms with Gasteiger partial charge in [-0.1, -0.05) is 6.07 Å². The highest BCUT2D eigenvalue weighted by molar-refractivity contribution is 5.86. The quantitative estimate of drug-likeness (QED) is 0.800. The topological polar surface area (TPSA) is 51.7 Å². The van der Waals surface area contributed by atoms with Gasteiger partial charge in [0.05, 0.1) is 11.1 Å². The molecule has 3 fully saturated rings. The average molecular weight is 416 g/mol. The summed E-state index contributed by atoms with van der Waals surface area (Å²) in [6.07, 6.45) is 2.90. The van der Waals surface area contributed by atoms with Crippen molar-refractivity contribution in [2.45, 2.75) is 13.0 Å². The maximum Gasteiger partial charge on any atom is 0.231 e. The van der Waals surface area contributed by atoms with Crippen molar-refractivity contribution in [3.63, 3.8) is 0 Å². The number of rotatable bonds is 3. The second kappa shape index (κ2) is 9.52. The zero-order chi connectivity index (χ0) is 17.3. The van der Waals surface area contributed by atoms with Crippen molar-refractivity contribution in [3.05, 3.63) is 30.1 Å². The molecule has 0 aliphatic carbocycles. The highest BCUT2D eigenvalue weighted by Gasteiger charge is 2.55. The number of nitrogens with one attached hydrogen (secondary N) is 1. The summed E-state index contributed by atoms with van der Waals surface area (Å²) in [6.45, 7) is 8.34. The van der Waals surface area contributed by atoms with Crippen LogP contribution < -0.4 is 5.32 Å². The van der Waals surface area contributed by atoms with Gasteiger partial charge in [-0.15, -0.1) is 24.8 Å². The Morgan fingerprint density at radius 3 is 2.89 bits per heavy atom. The third-order valence-corrected chi connectivity index (χ3v) is 6.11. The van der Waals surface area contributed by atoms with Crippen molar-refractivity contribution in [2.24, 2.45) is 11.3 Å². The van der Waals surface area contributed by atoms with Crippen LogP contribution in [0.4, 0.5) is 0 Å². The van der Waals surface area contributed by atoms with E-state index in [1.807, 2.05) is 18.3 Å². The zero-order valence-corrected chi connectivity index (χ0v) is 17.6. The number of pyridine rings is 1. The van der Waals surface area contributed by atoms with Crippen molar-refractivity contribution >= 4 is 30.7 Å². The van der Waals surface area contributed by atoms with E-state index in [9.17, 15) is 4.79 Å². The molecular formula is C19H31Cl2N5O. The first-order valence-corrected chi connectivity index (χ1v) is 9.48. The highest BCUT2D eigenvalue weighted by atomic mass is 35.5. The minimum atomic E-state index is -0.190. The van der Waals surface area contributed by atoms with E-state index in [1.54, 1.807) is 0 Å². The van der Waals surface area contributed by atoms with E-state index in [-0.39, 0.29) is 30.2 Å². The van der Waals surface area contributed by atoms with Crippen LogP contribution in [0.1, 0.15) is 12.1 Å². The van der Waals surface area contributed by atoms with Crippen LogP contribution in [0.5, 0.6) is 0 Å². The Kier molecular flexibility index (Phi) is 7.89. The SMILES string of the molecule is CN1C[C@H]2CNC[C@@]2(C(=O)N2CCCN(Cc3ccccn3)CC2)C1.Cl.Cl. The number of likely N-dealkylation sites (tertiary alicyclic amines) is 1. The highest BCUT2D eigenvalue weighted by Crippen LogP contribution is 2.40. The molecular weight excluding hydrogens is 385 g/mol. The molecule has 0 aromatic carbocycles. The van der Waals surface area contributed by atoms with Crippen LogP contribution in [0, 0.1) is 11.3 Å². The molecule has 3 aliphatic rings. The molecule has 27 heavy (non-hydrogen) atoms. The number of fused-ring (bicyclic) bond motifs is 1. The summed E-state index contributed by atoms with van der Waals surface area (Å²) in [5.74, 6) is 0.851. The number of carbonyl (C=O) groups excluding carboxylic acids is 1. The molecule has 4 heterocycles. The van der Waals surface area contributed by atoms with E-state index < -0.39 is 0 Å². The van der Waals surface area contributed by atoms with Gasteiger partial charge in [0.15, 0.2) is 0 Å². The van der Waals surface area contributed by atoms with Gasteiger partial charge in [-0.25, -0.2) is 0 Å². The van der Waals surface area contributed by atoms with Gasteiger partial charge in [0.2, 0.25) is 5.91 Å². The lowest BCUT2D eigenvalue weighted by Gasteiger charge is -2.33. The monoisotopic (exact) mass is 415 g/mol. The second-order valence-corrected chi connectivity index (χ2v) is 7.92. The Morgan fingerprint density at radius 1 is 1.26 bits per heavy atom. The van der Waals surface area contributed by atoms with Gasteiger partial charge in [-0.2, -0.15) is 0 Å². The molecule has 6 nitrogen and oxygen atoms in total. The molecule has 0 bridgehead atoms. The number of aromatic nitrogens is 1. The lowest BCUT2D eigenvalue weighted by atomic mass is 9.79. The Labute approximate surface area is 174 Å². The van der Waals surface area contributed by atoms with E-state index in [1.165, 1.54) is 0 Å². The van der Waals surface area contributed by atoms with Crippen molar-refractivity contribution in [2.75, 3.05) is 59.4 Å². The molecule has 2 atom stereocenters. The van der Waals surface area contributed by atoms with Crippen LogP contribution in [-0.4, -0.2) is 85.0 Å². The molecule has 152 valence electrons. The zero-order valence-electron chi connectivity index (χ0n) is 16.0. The molecule has 4 rings (SSSR count). The summed E-state index contributed by atoms with van der Waals surface area (Å²) < 4.78 is 0. The van der Waals surface area contributed by atoms with E-state index in [0.717, 1.165) is 71.0 Å². The molecule has 0 saturated carbocycles. The molecule has 1 aromatic heterocycles. The molecule has 1 N–H and O–H groups in total. The number of hydrogen-bond acceptors (Lipinski definition) is 5. The average Bonchev–Trinajstić information content (AvgIpc) is 3.04. The molecule has 1 amide bonds. The Morgan fingerprint density at radius 2 is 2.11 bits per heavy atom. The Hall–Kier alpha value is -0.920. The van der Waals surface area contributed by atoms with Crippen molar-refractivity contribution in [1.29, 1.82) is 0 Å². The van der Waals surface area contributed by atoms with Gasteiger partial charge in [-0.05, 0) is 25.6 Å². The summed E-state index contributed by atoms with van der Waals surface area (Å²) >= 11 is 0. The van der Waals surface area contributed by atoms with Gasteiger partial charge in [0.25, 0.3) is 0 Å². The first-order valence-electron chi connectivity index (χ1n) is 9.48. The third kappa shape index (κ3) is 4.57. The lowest BCUT2D eigenvalue weighted by Crippen LogP contribution is -2.50. The van der Waals surface area contributed by atoms with Gasteiger partial charge < -0.3 is 15.1 Å². The van der Waals surface area contributed by atoms with Crippen LogP contribution in [0.2, 0.25) is 0 Å².